The molecule has 0 aliphatic heterocycles. The monoisotopic (exact) mass is 356 g/mol. The summed E-state index contributed by atoms with van der Waals surface area (Å²) in [6.45, 7) is 1.21. The van der Waals surface area contributed by atoms with Crippen molar-refractivity contribution >= 4 is 27.6 Å². The SMILES string of the molecule is O=C(O)C1CCCC1CNCc1ccc([N+](=O)[O-])cc1Br. The predicted octanol–water partition coefficient (Wildman–Crippen LogP) is 2.95. The minimum absolute atomic E-state index is 0.0485. The first-order valence-corrected chi connectivity index (χ1v) is 7.64. The maximum atomic E-state index is 11.1. The van der Waals surface area contributed by atoms with E-state index in [1.165, 1.54) is 12.1 Å². The molecule has 1 saturated carbocycles. The van der Waals surface area contributed by atoms with E-state index in [4.69, 9.17) is 5.11 Å². The van der Waals surface area contributed by atoms with Gasteiger partial charge in [0.15, 0.2) is 0 Å². The summed E-state index contributed by atoms with van der Waals surface area (Å²) in [5.41, 5.74) is 0.970. The molecule has 7 heteroatoms. The molecule has 1 aromatic carbocycles. The lowest BCUT2D eigenvalue weighted by atomic mass is 9.96. The number of nitro groups is 1. The lowest BCUT2D eigenvalue weighted by Gasteiger charge is -2.16. The van der Waals surface area contributed by atoms with Gasteiger partial charge < -0.3 is 10.4 Å². The van der Waals surface area contributed by atoms with E-state index < -0.39 is 10.9 Å². The van der Waals surface area contributed by atoms with Crippen molar-refractivity contribution in [3.63, 3.8) is 0 Å². The van der Waals surface area contributed by atoms with Gasteiger partial charge in [-0.3, -0.25) is 14.9 Å². The maximum Gasteiger partial charge on any atom is 0.306 e. The van der Waals surface area contributed by atoms with Crippen molar-refractivity contribution < 1.29 is 14.8 Å². The molecule has 6 nitrogen and oxygen atoms in total. The second kappa shape index (κ2) is 7.00. The Morgan fingerprint density at radius 3 is 2.86 bits per heavy atom. The standard InChI is InChI=1S/C14H17BrN2O4/c15-13-6-11(17(20)21)5-4-10(13)8-16-7-9-2-1-3-12(9)14(18)19/h4-6,9,12,16H,1-3,7-8H2,(H,18,19). The lowest BCUT2D eigenvalue weighted by Crippen LogP contribution is -2.28. The van der Waals surface area contributed by atoms with E-state index in [1.54, 1.807) is 6.07 Å². The molecule has 0 amide bonds. The number of nitrogens with one attached hydrogen (secondary N) is 1. The van der Waals surface area contributed by atoms with Crippen molar-refractivity contribution in [2.45, 2.75) is 25.8 Å². The fraction of sp³-hybridized carbons (Fsp3) is 0.500. The molecule has 21 heavy (non-hydrogen) atoms. The van der Waals surface area contributed by atoms with E-state index >= 15 is 0 Å². The summed E-state index contributed by atoms with van der Waals surface area (Å²) < 4.78 is 0.686. The number of carboxylic acids is 1. The smallest absolute Gasteiger partial charge is 0.306 e. The van der Waals surface area contributed by atoms with Crippen LogP contribution in [0.2, 0.25) is 0 Å². The fourth-order valence-electron chi connectivity index (χ4n) is 2.79. The Hall–Kier alpha value is -1.47. The van der Waals surface area contributed by atoms with E-state index in [0.717, 1.165) is 24.8 Å². The highest BCUT2D eigenvalue weighted by atomic mass is 79.9. The van der Waals surface area contributed by atoms with Gasteiger partial charge >= 0.3 is 5.97 Å². The van der Waals surface area contributed by atoms with Crippen LogP contribution in [0.3, 0.4) is 0 Å². The third-order valence-electron chi connectivity index (χ3n) is 3.95. The van der Waals surface area contributed by atoms with Crippen LogP contribution >= 0.6 is 15.9 Å². The number of nitro benzene ring substituents is 1. The molecule has 2 rings (SSSR count). The second-order valence-electron chi connectivity index (χ2n) is 5.30. The number of carboxylic acid groups (broad SMARTS) is 1. The molecular weight excluding hydrogens is 340 g/mol. The van der Waals surface area contributed by atoms with Gasteiger partial charge in [-0.05, 0) is 36.9 Å². The summed E-state index contributed by atoms with van der Waals surface area (Å²) in [6, 6.07) is 4.66. The number of halogens is 1. The molecule has 0 aromatic heterocycles. The number of nitrogens with zero attached hydrogens (tertiary/aromatic N) is 1. The minimum atomic E-state index is -0.712. The first kappa shape index (κ1) is 15.9. The number of non-ortho nitro benzene ring substituents is 1. The van der Waals surface area contributed by atoms with Gasteiger partial charge in [-0.1, -0.05) is 22.4 Å². The molecule has 0 heterocycles. The Morgan fingerprint density at radius 1 is 1.48 bits per heavy atom. The van der Waals surface area contributed by atoms with Gasteiger partial charge in [0.05, 0.1) is 10.8 Å². The zero-order chi connectivity index (χ0) is 15.4. The normalized spacial score (nSPS) is 21.4. The number of carbonyl (C=O) groups is 1. The molecule has 1 aromatic rings. The molecule has 0 radical (unpaired) electrons. The lowest BCUT2D eigenvalue weighted by molar-refractivity contribution is -0.384. The topological polar surface area (TPSA) is 92.5 Å². The van der Waals surface area contributed by atoms with Gasteiger partial charge in [0.25, 0.3) is 5.69 Å². The van der Waals surface area contributed by atoms with Crippen molar-refractivity contribution in [3.8, 4) is 0 Å². The van der Waals surface area contributed by atoms with Gasteiger partial charge in [0.2, 0.25) is 0 Å². The van der Waals surface area contributed by atoms with Crippen LogP contribution in [0.4, 0.5) is 5.69 Å². The van der Waals surface area contributed by atoms with Crippen LogP contribution in [-0.2, 0) is 11.3 Å². The van der Waals surface area contributed by atoms with Crippen LogP contribution in [-0.4, -0.2) is 22.5 Å². The summed E-state index contributed by atoms with van der Waals surface area (Å²) in [6.07, 6.45) is 2.65. The van der Waals surface area contributed by atoms with Gasteiger partial charge in [0.1, 0.15) is 0 Å². The molecule has 2 unspecified atom stereocenters. The molecule has 1 fully saturated rings. The third kappa shape index (κ3) is 4.01. The van der Waals surface area contributed by atoms with Crippen LogP contribution < -0.4 is 5.32 Å². The molecular formula is C14H17BrN2O4. The largest absolute Gasteiger partial charge is 0.481 e. The number of hydrogen-bond donors (Lipinski definition) is 2. The molecule has 0 bridgehead atoms. The first-order chi connectivity index (χ1) is 9.99. The minimum Gasteiger partial charge on any atom is -0.481 e. The van der Waals surface area contributed by atoms with Crippen molar-refractivity contribution in [2.24, 2.45) is 11.8 Å². The Kier molecular flexibility index (Phi) is 5.30. The summed E-state index contributed by atoms with van der Waals surface area (Å²) in [5, 5.41) is 23.0. The van der Waals surface area contributed by atoms with Crippen LogP contribution in [0.5, 0.6) is 0 Å². The molecule has 0 saturated heterocycles. The molecule has 1 aliphatic rings. The fourth-order valence-corrected chi connectivity index (χ4v) is 3.30. The highest BCUT2D eigenvalue weighted by Crippen LogP contribution is 2.31. The summed E-state index contributed by atoms with van der Waals surface area (Å²) in [5.74, 6) is -0.798. The predicted molar refractivity (Wildman–Crippen MR) is 81.0 cm³/mol. The highest BCUT2D eigenvalue weighted by molar-refractivity contribution is 9.10. The molecule has 114 valence electrons. The van der Waals surface area contributed by atoms with Crippen LogP contribution in [0.25, 0.3) is 0 Å². The van der Waals surface area contributed by atoms with E-state index in [1.807, 2.05) is 0 Å². The molecule has 1 aliphatic carbocycles. The zero-order valence-electron chi connectivity index (χ0n) is 11.4. The van der Waals surface area contributed by atoms with E-state index in [2.05, 4.69) is 21.2 Å². The molecule has 2 N–H and O–H groups in total. The Morgan fingerprint density at radius 2 is 2.24 bits per heavy atom. The van der Waals surface area contributed by atoms with Gasteiger partial charge in [-0.25, -0.2) is 0 Å². The third-order valence-corrected chi connectivity index (χ3v) is 4.68. The van der Waals surface area contributed by atoms with Gasteiger partial charge in [0, 0.05) is 23.2 Å². The Labute approximate surface area is 130 Å². The zero-order valence-corrected chi connectivity index (χ0v) is 13.0. The number of benzene rings is 1. The first-order valence-electron chi connectivity index (χ1n) is 6.85. The summed E-state index contributed by atoms with van der Waals surface area (Å²) in [4.78, 5) is 21.3. The summed E-state index contributed by atoms with van der Waals surface area (Å²) >= 11 is 3.33. The van der Waals surface area contributed by atoms with Crippen LogP contribution in [0.15, 0.2) is 22.7 Å². The average molecular weight is 357 g/mol. The van der Waals surface area contributed by atoms with Crippen molar-refractivity contribution in [3.05, 3.63) is 38.3 Å². The van der Waals surface area contributed by atoms with E-state index in [-0.39, 0.29) is 17.5 Å². The quantitative estimate of drug-likeness (QED) is 0.603. The van der Waals surface area contributed by atoms with E-state index in [9.17, 15) is 14.9 Å². The van der Waals surface area contributed by atoms with Crippen LogP contribution in [0.1, 0.15) is 24.8 Å². The average Bonchev–Trinajstić information content (AvgIpc) is 2.89. The number of rotatable bonds is 6. The van der Waals surface area contributed by atoms with Crippen molar-refractivity contribution in [2.75, 3.05) is 6.54 Å². The number of aliphatic carboxylic acids is 1. The van der Waals surface area contributed by atoms with Gasteiger partial charge in [-0.2, -0.15) is 0 Å². The molecule has 0 spiro atoms. The summed E-state index contributed by atoms with van der Waals surface area (Å²) in [7, 11) is 0. The Balaban J connectivity index is 1.89. The maximum absolute atomic E-state index is 11.1. The van der Waals surface area contributed by atoms with Gasteiger partial charge in [-0.15, -0.1) is 0 Å². The van der Waals surface area contributed by atoms with Crippen molar-refractivity contribution in [1.29, 1.82) is 0 Å². The van der Waals surface area contributed by atoms with Crippen molar-refractivity contribution in [1.82, 2.24) is 5.32 Å². The van der Waals surface area contributed by atoms with Crippen LogP contribution in [0, 0.1) is 22.0 Å². The number of hydrogen-bond acceptors (Lipinski definition) is 4. The van der Waals surface area contributed by atoms with E-state index in [0.29, 0.717) is 17.6 Å². The molecule has 2 atom stereocenters. The second-order valence-corrected chi connectivity index (χ2v) is 6.15. The highest BCUT2D eigenvalue weighted by Gasteiger charge is 2.32. The Bertz CT molecular complexity index is 550.